The number of benzene rings is 1. The van der Waals surface area contributed by atoms with Crippen molar-refractivity contribution in [3.8, 4) is 0 Å². The van der Waals surface area contributed by atoms with Crippen molar-refractivity contribution in [3.63, 3.8) is 0 Å². The van der Waals surface area contributed by atoms with Crippen molar-refractivity contribution < 1.29 is 13.0 Å². The minimum atomic E-state index is -4.27. The maximum atomic E-state index is 12.0. The van der Waals surface area contributed by atoms with Crippen LogP contribution in [0.25, 0.3) is 0 Å². The molecule has 0 radical (unpaired) electrons. The number of hydrogen-bond acceptors (Lipinski definition) is 4. The molecule has 0 saturated heterocycles. The zero-order chi connectivity index (χ0) is 21.7. The Kier molecular flexibility index (Phi) is 11.0. The lowest BCUT2D eigenvalue weighted by Gasteiger charge is -2.27. The Labute approximate surface area is 184 Å². The van der Waals surface area contributed by atoms with E-state index in [-0.39, 0.29) is 0 Å². The second kappa shape index (κ2) is 13.2. The predicted molar refractivity (Wildman–Crippen MR) is 128 cm³/mol. The third-order valence-corrected chi connectivity index (χ3v) is 7.46. The number of fused-ring (bicyclic) bond motifs is 1. The molecule has 172 valence electrons. The average molecular weight is 439 g/mol. The molecule has 1 aromatic rings. The fourth-order valence-corrected chi connectivity index (χ4v) is 5.18. The minimum absolute atomic E-state index is 0.346. The third-order valence-electron chi connectivity index (χ3n) is 6.17. The van der Waals surface area contributed by atoms with Crippen molar-refractivity contribution in [2.24, 2.45) is 0 Å². The first-order valence-electron chi connectivity index (χ1n) is 12.1. The van der Waals surface area contributed by atoms with Gasteiger partial charge in [0.05, 0.1) is 11.4 Å². The van der Waals surface area contributed by atoms with E-state index in [9.17, 15) is 13.0 Å². The highest BCUT2D eigenvalue weighted by atomic mass is 32.2. The Balaban J connectivity index is 1.50. The van der Waals surface area contributed by atoms with E-state index in [2.05, 4.69) is 17.6 Å². The third kappa shape index (κ3) is 8.10. The standard InChI is InChI=1S/C24H42N2O3S/c1-2-3-4-5-6-7-8-9-10-11-12-13-14-15-18-21-24(30(27,28)29)25-22-19-16-17-20-23(22)26-24/h16-17,19-20,25-26H,2-15,18,21H2,1H3,(H,27,28,29). The van der Waals surface area contributed by atoms with Gasteiger partial charge in [-0.25, -0.2) is 0 Å². The van der Waals surface area contributed by atoms with Crippen LogP contribution in [0.1, 0.15) is 110 Å². The molecule has 0 atom stereocenters. The van der Waals surface area contributed by atoms with Crippen molar-refractivity contribution in [1.29, 1.82) is 0 Å². The second-order valence-electron chi connectivity index (χ2n) is 8.80. The van der Waals surface area contributed by atoms with E-state index in [0.29, 0.717) is 6.42 Å². The topological polar surface area (TPSA) is 78.4 Å². The Morgan fingerprint density at radius 2 is 1.07 bits per heavy atom. The molecule has 1 aromatic carbocycles. The largest absolute Gasteiger partial charge is 0.347 e. The summed E-state index contributed by atoms with van der Waals surface area (Å²) in [6.45, 7) is 2.26. The molecule has 3 N–H and O–H groups in total. The van der Waals surface area contributed by atoms with Gasteiger partial charge < -0.3 is 10.6 Å². The molecule has 30 heavy (non-hydrogen) atoms. The van der Waals surface area contributed by atoms with E-state index >= 15 is 0 Å². The molecule has 5 nitrogen and oxygen atoms in total. The molecular formula is C24H42N2O3S. The summed E-state index contributed by atoms with van der Waals surface area (Å²) in [6, 6.07) is 7.34. The van der Waals surface area contributed by atoms with Gasteiger partial charge in [-0.05, 0) is 18.6 Å². The molecule has 0 amide bonds. The highest BCUT2D eigenvalue weighted by Crippen LogP contribution is 2.38. The van der Waals surface area contributed by atoms with Crippen LogP contribution in [0.15, 0.2) is 24.3 Å². The minimum Gasteiger partial charge on any atom is -0.347 e. The molecular weight excluding hydrogens is 396 g/mol. The molecule has 6 heteroatoms. The normalized spacial score (nSPS) is 14.9. The van der Waals surface area contributed by atoms with Gasteiger partial charge in [-0.15, -0.1) is 0 Å². The molecule has 0 aromatic heterocycles. The summed E-state index contributed by atoms with van der Waals surface area (Å²) in [7, 11) is -4.27. The quantitative estimate of drug-likeness (QED) is 0.175. The molecule has 0 saturated carbocycles. The second-order valence-corrected chi connectivity index (χ2v) is 10.4. The molecule has 0 bridgehead atoms. The van der Waals surface area contributed by atoms with Crippen LogP contribution < -0.4 is 10.6 Å². The van der Waals surface area contributed by atoms with Crippen LogP contribution in [-0.4, -0.2) is 18.0 Å². The van der Waals surface area contributed by atoms with Crippen molar-refractivity contribution in [2.75, 3.05) is 10.6 Å². The van der Waals surface area contributed by atoms with E-state index in [0.717, 1.165) is 30.6 Å². The van der Waals surface area contributed by atoms with Crippen LogP contribution in [-0.2, 0) is 10.1 Å². The zero-order valence-electron chi connectivity index (χ0n) is 18.8. The lowest BCUT2D eigenvalue weighted by atomic mass is 10.0. The van der Waals surface area contributed by atoms with Crippen LogP contribution in [0.2, 0.25) is 0 Å². The van der Waals surface area contributed by atoms with Gasteiger partial charge in [-0.2, -0.15) is 8.42 Å². The van der Waals surface area contributed by atoms with Crippen molar-refractivity contribution in [3.05, 3.63) is 24.3 Å². The maximum Gasteiger partial charge on any atom is 0.308 e. The highest BCUT2D eigenvalue weighted by Gasteiger charge is 2.46. The van der Waals surface area contributed by atoms with Gasteiger partial charge in [0, 0.05) is 6.42 Å². The SMILES string of the molecule is CCCCCCCCCCCCCCCCCC1(S(=O)(=O)O)Nc2ccccc2N1. The summed E-state index contributed by atoms with van der Waals surface area (Å²) in [5, 5.41) is 5.98. The van der Waals surface area contributed by atoms with Crippen LogP contribution in [0.3, 0.4) is 0 Å². The fraction of sp³-hybridized carbons (Fsp3) is 0.750. The zero-order valence-corrected chi connectivity index (χ0v) is 19.6. The van der Waals surface area contributed by atoms with Gasteiger partial charge in [-0.1, -0.05) is 109 Å². The number of unbranched alkanes of at least 4 members (excludes halogenated alkanes) is 14. The first kappa shape index (κ1) is 25.0. The first-order chi connectivity index (χ1) is 14.5. The lowest BCUT2D eigenvalue weighted by Crippen LogP contribution is -2.49. The maximum absolute atomic E-state index is 12.0. The van der Waals surface area contributed by atoms with Crippen molar-refractivity contribution >= 4 is 21.5 Å². The first-order valence-corrected chi connectivity index (χ1v) is 13.5. The molecule has 0 aliphatic carbocycles. The Morgan fingerprint density at radius 3 is 1.43 bits per heavy atom. The molecule has 1 aliphatic rings. The van der Waals surface area contributed by atoms with Crippen LogP contribution in [0.4, 0.5) is 11.4 Å². The van der Waals surface area contributed by atoms with Gasteiger partial charge in [0.2, 0.25) is 4.99 Å². The lowest BCUT2D eigenvalue weighted by molar-refractivity contribution is 0.434. The van der Waals surface area contributed by atoms with Crippen LogP contribution in [0.5, 0.6) is 0 Å². The van der Waals surface area contributed by atoms with E-state index in [4.69, 9.17) is 0 Å². The summed E-state index contributed by atoms with van der Waals surface area (Å²) in [6.07, 6.45) is 19.4. The van der Waals surface area contributed by atoms with E-state index in [1.54, 1.807) is 0 Å². The van der Waals surface area contributed by atoms with Gasteiger partial charge in [-0.3, -0.25) is 4.55 Å². The Morgan fingerprint density at radius 1 is 0.700 bits per heavy atom. The number of anilines is 2. The number of hydrogen-bond donors (Lipinski definition) is 3. The number of nitrogens with one attached hydrogen (secondary N) is 2. The molecule has 0 unspecified atom stereocenters. The van der Waals surface area contributed by atoms with Gasteiger partial charge in [0.25, 0.3) is 0 Å². The Hall–Kier alpha value is -1.27. The summed E-state index contributed by atoms with van der Waals surface area (Å²) in [5.74, 6) is 0. The molecule has 0 fully saturated rings. The van der Waals surface area contributed by atoms with Gasteiger partial charge in [0.1, 0.15) is 0 Å². The van der Waals surface area contributed by atoms with E-state index in [1.807, 2.05) is 24.3 Å². The van der Waals surface area contributed by atoms with Crippen molar-refractivity contribution in [1.82, 2.24) is 0 Å². The number of para-hydroxylation sites is 2. The average Bonchev–Trinajstić information content (AvgIpc) is 3.11. The van der Waals surface area contributed by atoms with E-state index < -0.39 is 15.1 Å². The van der Waals surface area contributed by atoms with Gasteiger partial charge >= 0.3 is 10.1 Å². The van der Waals surface area contributed by atoms with Crippen molar-refractivity contribution in [2.45, 2.75) is 115 Å². The van der Waals surface area contributed by atoms with Crippen LogP contribution >= 0.6 is 0 Å². The summed E-state index contributed by atoms with van der Waals surface area (Å²) < 4.78 is 33.9. The molecule has 2 rings (SSSR count). The summed E-state index contributed by atoms with van der Waals surface area (Å²) >= 11 is 0. The van der Waals surface area contributed by atoms with Gasteiger partial charge in [0.15, 0.2) is 0 Å². The fourth-order valence-electron chi connectivity index (χ4n) is 4.30. The Bertz CT molecular complexity index is 681. The highest BCUT2D eigenvalue weighted by molar-refractivity contribution is 7.87. The molecule has 0 spiro atoms. The van der Waals surface area contributed by atoms with Crippen LogP contribution in [0, 0.1) is 0 Å². The summed E-state index contributed by atoms with van der Waals surface area (Å²) in [5.41, 5.74) is 1.44. The molecule has 1 aliphatic heterocycles. The smallest absolute Gasteiger partial charge is 0.308 e. The molecule has 1 heterocycles. The monoisotopic (exact) mass is 438 g/mol. The predicted octanol–water partition coefficient (Wildman–Crippen LogP) is 7.33. The summed E-state index contributed by atoms with van der Waals surface area (Å²) in [4.78, 5) is -1.49. The van der Waals surface area contributed by atoms with E-state index in [1.165, 1.54) is 77.0 Å². The number of rotatable bonds is 17.